The maximum atomic E-state index is 13.7. The molecule has 1 aromatic carbocycles. The van der Waals surface area contributed by atoms with Gasteiger partial charge in [-0.3, -0.25) is 0 Å². The number of hydrogen-bond acceptors (Lipinski definition) is 5. The maximum absolute atomic E-state index is 13.7. The molecule has 1 aromatic heterocycles. The monoisotopic (exact) mass is 404 g/mol. The molecule has 0 saturated heterocycles. The standard InChI is InChI=1S/C20H29FN6O2/c1-4-22-20(23-11-14(2)29-17-8-6-5-7-16(17)21)24-15-9-10-19-25-18(13-28-3)26-27(19)12-15/h5-8,14-15H,4,9-13H2,1-3H3,(H2,22,23,24). The number of benzene rings is 1. The van der Waals surface area contributed by atoms with Crippen molar-refractivity contribution < 1.29 is 13.9 Å². The van der Waals surface area contributed by atoms with Crippen LogP contribution in [0.5, 0.6) is 5.75 Å². The van der Waals surface area contributed by atoms with Gasteiger partial charge in [-0.05, 0) is 32.4 Å². The second-order valence-corrected chi connectivity index (χ2v) is 7.02. The number of aromatic nitrogens is 3. The molecule has 0 radical (unpaired) electrons. The molecule has 8 nitrogen and oxygen atoms in total. The fourth-order valence-corrected chi connectivity index (χ4v) is 3.20. The number of nitrogens with zero attached hydrogens (tertiary/aromatic N) is 4. The Kier molecular flexibility index (Phi) is 7.40. The van der Waals surface area contributed by atoms with Crippen LogP contribution in [-0.4, -0.2) is 53.1 Å². The normalized spacial score (nSPS) is 17.5. The lowest BCUT2D eigenvalue weighted by Crippen LogP contribution is -2.47. The summed E-state index contributed by atoms with van der Waals surface area (Å²) in [4.78, 5) is 9.11. The molecule has 158 valence electrons. The first-order valence-corrected chi connectivity index (χ1v) is 9.96. The Morgan fingerprint density at radius 3 is 3.00 bits per heavy atom. The van der Waals surface area contributed by atoms with Crippen molar-refractivity contribution in [3.63, 3.8) is 0 Å². The van der Waals surface area contributed by atoms with Gasteiger partial charge in [-0.2, -0.15) is 5.10 Å². The lowest BCUT2D eigenvalue weighted by atomic mass is 10.1. The Hall–Kier alpha value is -2.68. The minimum Gasteiger partial charge on any atom is -0.486 e. The number of guanidine groups is 1. The van der Waals surface area contributed by atoms with Crippen LogP contribution in [0.2, 0.25) is 0 Å². The van der Waals surface area contributed by atoms with Crippen molar-refractivity contribution in [2.45, 2.75) is 52.0 Å². The van der Waals surface area contributed by atoms with Gasteiger partial charge in [0, 0.05) is 26.1 Å². The van der Waals surface area contributed by atoms with Gasteiger partial charge in [0.25, 0.3) is 0 Å². The second-order valence-electron chi connectivity index (χ2n) is 7.02. The van der Waals surface area contributed by atoms with Gasteiger partial charge in [0.2, 0.25) is 0 Å². The fraction of sp³-hybridized carbons (Fsp3) is 0.550. The second kappa shape index (κ2) is 10.2. The third-order valence-corrected chi connectivity index (χ3v) is 4.53. The number of hydrogen-bond donors (Lipinski definition) is 2. The van der Waals surface area contributed by atoms with Crippen molar-refractivity contribution in [1.82, 2.24) is 25.4 Å². The predicted molar refractivity (Wildman–Crippen MR) is 108 cm³/mol. The number of aliphatic imine (C=N–C) groups is 1. The van der Waals surface area contributed by atoms with Gasteiger partial charge in [-0.25, -0.2) is 19.0 Å². The number of ether oxygens (including phenoxy) is 2. The fourth-order valence-electron chi connectivity index (χ4n) is 3.20. The number of aryl methyl sites for hydroxylation is 1. The summed E-state index contributed by atoms with van der Waals surface area (Å²) in [5, 5.41) is 11.2. The number of halogens is 1. The largest absolute Gasteiger partial charge is 0.486 e. The highest BCUT2D eigenvalue weighted by molar-refractivity contribution is 5.80. The molecule has 1 aliphatic heterocycles. The zero-order valence-electron chi connectivity index (χ0n) is 17.2. The lowest BCUT2D eigenvalue weighted by molar-refractivity contribution is 0.177. The van der Waals surface area contributed by atoms with Crippen molar-refractivity contribution in [2.75, 3.05) is 20.2 Å². The van der Waals surface area contributed by atoms with Crippen LogP contribution in [-0.2, 0) is 24.3 Å². The maximum Gasteiger partial charge on any atom is 0.191 e. The Balaban J connectivity index is 1.57. The molecule has 2 heterocycles. The summed E-state index contributed by atoms with van der Waals surface area (Å²) in [5.41, 5.74) is 0. The van der Waals surface area contributed by atoms with Gasteiger partial charge in [-0.15, -0.1) is 0 Å². The van der Waals surface area contributed by atoms with Crippen molar-refractivity contribution >= 4 is 5.96 Å². The zero-order valence-corrected chi connectivity index (χ0v) is 17.2. The molecule has 0 bridgehead atoms. The van der Waals surface area contributed by atoms with E-state index in [4.69, 9.17) is 9.47 Å². The van der Waals surface area contributed by atoms with E-state index >= 15 is 0 Å². The molecule has 2 atom stereocenters. The van der Waals surface area contributed by atoms with Gasteiger partial charge >= 0.3 is 0 Å². The topological polar surface area (TPSA) is 85.6 Å². The number of nitrogens with one attached hydrogen (secondary N) is 2. The first-order valence-electron chi connectivity index (χ1n) is 9.96. The Bertz CT molecular complexity index is 825. The molecule has 0 spiro atoms. The first kappa shape index (κ1) is 21.0. The third kappa shape index (κ3) is 5.90. The Morgan fingerprint density at radius 2 is 2.24 bits per heavy atom. The van der Waals surface area contributed by atoms with Crippen molar-refractivity contribution in [3.05, 3.63) is 41.7 Å². The average Bonchev–Trinajstić information content (AvgIpc) is 3.10. The summed E-state index contributed by atoms with van der Waals surface area (Å²) in [6.07, 6.45) is 1.53. The van der Waals surface area contributed by atoms with Gasteiger partial charge < -0.3 is 20.1 Å². The first-order chi connectivity index (χ1) is 14.1. The molecular weight excluding hydrogens is 375 g/mol. The van der Waals surface area contributed by atoms with E-state index in [0.717, 1.165) is 31.8 Å². The number of rotatable bonds is 8. The minimum absolute atomic E-state index is 0.195. The summed E-state index contributed by atoms with van der Waals surface area (Å²) in [5.74, 6) is 2.28. The molecule has 3 rings (SSSR count). The molecule has 29 heavy (non-hydrogen) atoms. The highest BCUT2D eigenvalue weighted by Crippen LogP contribution is 2.17. The quantitative estimate of drug-likeness (QED) is 0.516. The average molecular weight is 404 g/mol. The zero-order chi connectivity index (χ0) is 20.6. The molecule has 2 N–H and O–H groups in total. The number of para-hydroxylation sites is 1. The van der Waals surface area contributed by atoms with E-state index in [1.165, 1.54) is 6.07 Å². The van der Waals surface area contributed by atoms with E-state index in [0.29, 0.717) is 24.9 Å². The van der Waals surface area contributed by atoms with Crippen LogP contribution in [0.15, 0.2) is 29.3 Å². The molecule has 1 aliphatic rings. The molecule has 2 unspecified atom stereocenters. The summed E-state index contributed by atoms with van der Waals surface area (Å²) in [7, 11) is 1.64. The van der Waals surface area contributed by atoms with Gasteiger partial charge in [0.05, 0.1) is 13.1 Å². The SMILES string of the molecule is CCNC(=NCC(C)Oc1ccccc1F)NC1CCc2nc(COC)nn2C1. The predicted octanol–water partition coefficient (Wildman–Crippen LogP) is 1.90. The summed E-state index contributed by atoms with van der Waals surface area (Å²) < 4.78 is 26.5. The van der Waals surface area contributed by atoms with Gasteiger partial charge in [0.1, 0.15) is 18.5 Å². The number of fused-ring (bicyclic) bond motifs is 1. The highest BCUT2D eigenvalue weighted by Gasteiger charge is 2.22. The lowest BCUT2D eigenvalue weighted by Gasteiger charge is -2.25. The van der Waals surface area contributed by atoms with Crippen molar-refractivity contribution in [2.24, 2.45) is 4.99 Å². The van der Waals surface area contributed by atoms with Crippen molar-refractivity contribution in [1.29, 1.82) is 0 Å². The van der Waals surface area contributed by atoms with Crippen LogP contribution < -0.4 is 15.4 Å². The summed E-state index contributed by atoms with van der Waals surface area (Å²) >= 11 is 0. The highest BCUT2D eigenvalue weighted by atomic mass is 19.1. The van der Waals surface area contributed by atoms with Crippen LogP contribution in [0, 0.1) is 5.82 Å². The molecule has 0 aliphatic carbocycles. The summed E-state index contributed by atoms with van der Waals surface area (Å²) in [6, 6.07) is 6.59. The van der Waals surface area contributed by atoms with E-state index in [1.54, 1.807) is 25.3 Å². The molecule has 0 saturated carbocycles. The Morgan fingerprint density at radius 1 is 1.41 bits per heavy atom. The molecule has 9 heteroatoms. The van der Waals surface area contributed by atoms with E-state index < -0.39 is 0 Å². The van der Waals surface area contributed by atoms with Gasteiger partial charge in [0.15, 0.2) is 23.4 Å². The van der Waals surface area contributed by atoms with Crippen LogP contribution in [0.3, 0.4) is 0 Å². The van der Waals surface area contributed by atoms with Crippen LogP contribution in [0.1, 0.15) is 31.9 Å². The van der Waals surface area contributed by atoms with Crippen LogP contribution >= 0.6 is 0 Å². The molecule has 2 aromatic rings. The van der Waals surface area contributed by atoms with E-state index in [9.17, 15) is 4.39 Å². The van der Waals surface area contributed by atoms with Gasteiger partial charge in [-0.1, -0.05) is 12.1 Å². The molecular formula is C20H29FN6O2. The molecule has 0 fully saturated rings. The minimum atomic E-state index is -0.368. The van der Waals surface area contributed by atoms with E-state index in [2.05, 4.69) is 25.7 Å². The van der Waals surface area contributed by atoms with Crippen molar-refractivity contribution in [3.8, 4) is 5.75 Å². The molecule has 0 amide bonds. The van der Waals surface area contributed by atoms with Crippen LogP contribution in [0.25, 0.3) is 0 Å². The third-order valence-electron chi connectivity index (χ3n) is 4.53. The van der Waals surface area contributed by atoms with E-state index in [-0.39, 0.29) is 23.7 Å². The van der Waals surface area contributed by atoms with Crippen LogP contribution in [0.4, 0.5) is 4.39 Å². The van der Waals surface area contributed by atoms with E-state index in [1.807, 2.05) is 18.5 Å². The smallest absolute Gasteiger partial charge is 0.191 e. The summed E-state index contributed by atoms with van der Waals surface area (Å²) in [6.45, 7) is 6.18. The Labute approximate surface area is 170 Å². The number of methoxy groups -OCH3 is 1.